The molecular formula is C31H26IrN2-2. The minimum Gasteiger partial charge on any atom is -0.305 e. The van der Waals surface area contributed by atoms with Gasteiger partial charge in [-0.25, -0.2) is 0 Å². The molecule has 5 aromatic rings. The number of nitrogens with zero attached hydrogens (tertiary/aromatic N) is 2. The normalized spacial score (nSPS) is 10.9. The van der Waals surface area contributed by atoms with Crippen molar-refractivity contribution in [1.82, 2.24) is 9.97 Å². The summed E-state index contributed by atoms with van der Waals surface area (Å²) in [5.74, 6) is 0.365. The standard InChI is InChI=1S/C20H18N.C11H8N.Ir/c1-15-11-12-21-20(13-15)19-10-6-9-18(14-19)16(2)17-7-4-3-5-8-17;1-2-6-10(7-3-1)11-8-4-5-9-12-11;/h3-9,11-14,16H,1-2H3;1-6,8-9H;/q2*-1;. The second kappa shape index (κ2) is 12.7. The summed E-state index contributed by atoms with van der Waals surface area (Å²) in [4.78, 5) is 8.67. The van der Waals surface area contributed by atoms with E-state index in [-0.39, 0.29) is 20.1 Å². The Balaban J connectivity index is 0.000000212. The first-order chi connectivity index (χ1) is 16.2. The molecule has 0 aliphatic heterocycles. The summed E-state index contributed by atoms with van der Waals surface area (Å²) in [6.45, 7) is 4.32. The van der Waals surface area contributed by atoms with Gasteiger partial charge in [0.05, 0.1) is 0 Å². The molecule has 3 aromatic carbocycles. The van der Waals surface area contributed by atoms with Gasteiger partial charge in [-0.05, 0) is 41.9 Å². The molecule has 0 saturated heterocycles. The fourth-order valence-electron chi connectivity index (χ4n) is 3.59. The van der Waals surface area contributed by atoms with Crippen molar-refractivity contribution in [1.29, 1.82) is 0 Å². The monoisotopic (exact) mass is 619 g/mol. The van der Waals surface area contributed by atoms with E-state index < -0.39 is 0 Å². The van der Waals surface area contributed by atoms with Crippen LogP contribution in [-0.4, -0.2) is 9.97 Å². The van der Waals surface area contributed by atoms with Crippen LogP contribution in [0.15, 0.2) is 116 Å². The molecule has 0 fully saturated rings. The maximum absolute atomic E-state index is 4.45. The Morgan fingerprint density at radius 2 is 1.35 bits per heavy atom. The van der Waals surface area contributed by atoms with Crippen LogP contribution in [0.5, 0.6) is 0 Å². The van der Waals surface area contributed by atoms with E-state index in [4.69, 9.17) is 0 Å². The van der Waals surface area contributed by atoms with Gasteiger partial charge in [-0.2, -0.15) is 0 Å². The van der Waals surface area contributed by atoms with E-state index in [0.717, 1.165) is 22.5 Å². The van der Waals surface area contributed by atoms with Crippen molar-refractivity contribution in [3.8, 4) is 22.5 Å². The van der Waals surface area contributed by atoms with Gasteiger partial charge >= 0.3 is 0 Å². The maximum atomic E-state index is 4.45. The zero-order valence-corrected chi connectivity index (χ0v) is 21.7. The largest absolute Gasteiger partial charge is 0.305 e. The topological polar surface area (TPSA) is 25.8 Å². The van der Waals surface area contributed by atoms with Gasteiger partial charge in [-0.3, -0.25) is 0 Å². The molecule has 2 heterocycles. The van der Waals surface area contributed by atoms with Gasteiger partial charge in [0.1, 0.15) is 0 Å². The molecule has 2 aromatic heterocycles. The predicted molar refractivity (Wildman–Crippen MR) is 136 cm³/mol. The number of pyridine rings is 2. The zero-order chi connectivity index (χ0) is 22.9. The molecule has 171 valence electrons. The Morgan fingerprint density at radius 3 is 2.06 bits per heavy atom. The van der Waals surface area contributed by atoms with Crippen molar-refractivity contribution >= 4 is 0 Å². The van der Waals surface area contributed by atoms with E-state index in [1.807, 2.05) is 60.8 Å². The summed E-state index contributed by atoms with van der Waals surface area (Å²) < 4.78 is 0. The van der Waals surface area contributed by atoms with E-state index in [0.29, 0.717) is 5.92 Å². The van der Waals surface area contributed by atoms with E-state index >= 15 is 0 Å². The summed E-state index contributed by atoms with van der Waals surface area (Å²) in [5, 5.41) is 0. The van der Waals surface area contributed by atoms with Crippen molar-refractivity contribution in [2.75, 3.05) is 0 Å². The number of hydrogen-bond acceptors (Lipinski definition) is 2. The fraction of sp³-hybridized carbons (Fsp3) is 0.0968. The molecule has 1 radical (unpaired) electrons. The molecule has 0 bridgehead atoms. The summed E-state index contributed by atoms with van der Waals surface area (Å²) >= 11 is 0. The minimum absolute atomic E-state index is 0. The molecule has 3 heteroatoms. The molecule has 1 unspecified atom stereocenters. The van der Waals surface area contributed by atoms with Crippen LogP contribution >= 0.6 is 0 Å². The number of aryl methyl sites for hydroxylation is 1. The van der Waals surface area contributed by atoms with Gasteiger partial charge in [0, 0.05) is 32.5 Å². The molecule has 1 atom stereocenters. The molecule has 0 aliphatic carbocycles. The zero-order valence-electron chi connectivity index (χ0n) is 19.3. The first-order valence-electron chi connectivity index (χ1n) is 11.1. The first-order valence-corrected chi connectivity index (χ1v) is 11.1. The Hall–Kier alpha value is -3.39. The van der Waals surface area contributed by atoms with Crippen LogP contribution in [0.3, 0.4) is 0 Å². The summed E-state index contributed by atoms with van der Waals surface area (Å²) in [6.07, 6.45) is 3.64. The second-order valence-corrected chi connectivity index (χ2v) is 7.88. The van der Waals surface area contributed by atoms with E-state index in [2.05, 4.69) is 84.5 Å². The quantitative estimate of drug-likeness (QED) is 0.194. The Morgan fingerprint density at radius 1 is 0.618 bits per heavy atom. The van der Waals surface area contributed by atoms with Crippen LogP contribution < -0.4 is 0 Å². The maximum Gasteiger partial charge on any atom is 0.0163 e. The minimum atomic E-state index is 0. The number of hydrogen-bond donors (Lipinski definition) is 0. The van der Waals surface area contributed by atoms with E-state index in [1.165, 1.54) is 16.7 Å². The summed E-state index contributed by atoms with van der Waals surface area (Å²) in [7, 11) is 0. The third-order valence-electron chi connectivity index (χ3n) is 5.47. The van der Waals surface area contributed by atoms with Crippen molar-refractivity contribution in [2.45, 2.75) is 19.8 Å². The Labute approximate surface area is 216 Å². The van der Waals surface area contributed by atoms with Gasteiger partial charge in [0.2, 0.25) is 0 Å². The Bertz CT molecular complexity index is 1240. The second-order valence-electron chi connectivity index (χ2n) is 7.88. The number of benzene rings is 3. The van der Waals surface area contributed by atoms with E-state index in [9.17, 15) is 0 Å². The predicted octanol–water partition coefficient (Wildman–Crippen LogP) is 7.56. The smallest absolute Gasteiger partial charge is 0.0163 e. The van der Waals surface area contributed by atoms with Gasteiger partial charge in [-0.15, -0.1) is 71.3 Å². The fourth-order valence-corrected chi connectivity index (χ4v) is 3.59. The van der Waals surface area contributed by atoms with Crippen LogP contribution in [0.1, 0.15) is 29.5 Å². The number of aromatic nitrogens is 2. The van der Waals surface area contributed by atoms with Gasteiger partial charge in [0.25, 0.3) is 0 Å². The average molecular weight is 619 g/mol. The van der Waals surface area contributed by atoms with Crippen molar-refractivity contribution in [3.05, 3.63) is 144 Å². The number of rotatable bonds is 4. The molecule has 0 amide bonds. The molecule has 34 heavy (non-hydrogen) atoms. The molecule has 0 saturated carbocycles. The summed E-state index contributed by atoms with van der Waals surface area (Å²) in [5.41, 5.74) is 7.88. The van der Waals surface area contributed by atoms with Crippen molar-refractivity contribution in [3.63, 3.8) is 0 Å². The molecule has 2 nitrogen and oxygen atoms in total. The molecule has 5 rings (SSSR count). The van der Waals surface area contributed by atoms with Gasteiger partial charge < -0.3 is 9.97 Å². The SMILES string of the molecule is Cc1ccnc(-c2[c-]ccc(C(C)c3ccccc3)c2)c1.[Ir].[c-]1ccccc1-c1ccccn1. The molecular weight excluding hydrogens is 593 g/mol. The van der Waals surface area contributed by atoms with E-state index in [1.54, 1.807) is 6.20 Å². The third-order valence-corrected chi connectivity index (χ3v) is 5.47. The van der Waals surface area contributed by atoms with Gasteiger partial charge in [0.15, 0.2) is 0 Å². The average Bonchev–Trinajstić information content (AvgIpc) is 2.90. The third kappa shape index (κ3) is 6.81. The summed E-state index contributed by atoms with van der Waals surface area (Å²) in [6, 6.07) is 41.1. The van der Waals surface area contributed by atoms with Crippen LogP contribution in [0.25, 0.3) is 22.5 Å². The van der Waals surface area contributed by atoms with Gasteiger partial charge in [-0.1, -0.05) is 61.0 Å². The van der Waals surface area contributed by atoms with Crippen LogP contribution in [-0.2, 0) is 20.1 Å². The van der Waals surface area contributed by atoms with Crippen LogP contribution in [0.4, 0.5) is 0 Å². The molecule has 0 N–H and O–H groups in total. The molecule has 0 spiro atoms. The van der Waals surface area contributed by atoms with Crippen molar-refractivity contribution in [2.24, 2.45) is 0 Å². The van der Waals surface area contributed by atoms with Crippen LogP contribution in [0.2, 0.25) is 0 Å². The molecule has 0 aliphatic rings. The van der Waals surface area contributed by atoms with Crippen LogP contribution in [0, 0.1) is 19.1 Å². The first kappa shape index (κ1) is 25.2. The van der Waals surface area contributed by atoms with Crippen molar-refractivity contribution < 1.29 is 20.1 Å². The Kier molecular flexibility index (Phi) is 9.46.